The van der Waals surface area contributed by atoms with E-state index >= 15 is 0 Å². The molecule has 0 bridgehead atoms. The van der Waals surface area contributed by atoms with Crippen molar-refractivity contribution in [2.24, 2.45) is 5.73 Å². The number of carbonyl (C=O) groups is 2. The van der Waals surface area contributed by atoms with Crippen LogP contribution >= 0.6 is 0 Å². The first kappa shape index (κ1) is 29.7. The van der Waals surface area contributed by atoms with Gasteiger partial charge in [0, 0.05) is 35.2 Å². The summed E-state index contributed by atoms with van der Waals surface area (Å²) >= 11 is 0. The summed E-state index contributed by atoms with van der Waals surface area (Å²) in [6.45, 7) is 0.824. The molecular formula is C31H36N2O6. The SMILES string of the molecule is CCC(C(=O)c1cn(-c2ccccc2)c2ccc(CCC(=O)O)cc12)c1ccccc1.NC(CO)(CO)CO. The summed E-state index contributed by atoms with van der Waals surface area (Å²) in [6, 6.07) is 25.7. The predicted molar refractivity (Wildman–Crippen MR) is 151 cm³/mol. The van der Waals surface area contributed by atoms with E-state index in [1.807, 2.05) is 96.6 Å². The number of aliphatic hydroxyl groups excluding tert-OH is 3. The number of carboxylic acids is 1. The number of hydrogen-bond donors (Lipinski definition) is 5. The summed E-state index contributed by atoms with van der Waals surface area (Å²) in [7, 11) is 0. The summed E-state index contributed by atoms with van der Waals surface area (Å²) in [6.07, 6.45) is 3.13. The second kappa shape index (κ2) is 13.8. The van der Waals surface area contributed by atoms with E-state index in [2.05, 4.69) is 0 Å². The number of fused-ring (bicyclic) bond motifs is 1. The fourth-order valence-corrected chi connectivity index (χ4v) is 4.28. The number of carboxylic acid groups (broad SMARTS) is 1. The molecule has 0 saturated carbocycles. The maximum Gasteiger partial charge on any atom is 0.303 e. The lowest BCUT2D eigenvalue weighted by atomic mass is 9.88. The van der Waals surface area contributed by atoms with Crippen molar-refractivity contribution in [2.75, 3.05) is 19.8 Å². The van der Waals surface area contributed by atoms with Gasteiger partial charge in [-0.3, -0.25) is 9.59 Å². The lowest BCUT2D eigenvalue weighted by molar-refractivity contribution is -0.136. The third kappa shape index (κ3) is 7.40. The fourth-order valence-electron chi connectivity index (χ4n) is 4.28. The molecule has 4 rings (SSSR count). The number of nitrogens with zero attached hydrogens (tertiary/aromatic N) is 1. The lowest BCUT2D eigenvalue weighted by Gasteiger charge is -2.20. The van der Waals surface area contributed by atoms with Gasteiger partial charge >= 0.3 is 5.97 Å². The molecule has 1 aromatic heterocycles. The minimum absolute atomic E-state index is 0.0653. The van der Waals surface area contributed by atoms with Gasteiger partial charge in [-0.25, -0.2) is 0 Å². The van der Waals surface area contributed by atoms with Crippen molar-refractivity contribution in [3.8, 4) is 5.69 Å². The van der Waals surface area contributed by atoms with Crippen molar-refractivity contribution in [1.82, 2.24) is 4.57 Å². The number of rotatable bonds is 11. The van der Waals surface area contributed by atoms with Crippen molar-refractivity contribution in [2.45, 2.75) is 37.6 Å². The second-order valence-corrected chi connectivity index (χ2v) is 9.57. The highest BCUT2D eigenvalue weighted by Gasteiger charge is 2.24. The van der Waals surface area contributed by atoms with Crippen molar-refractivity contribution >= 4 is 22.7 Å². The Morgan fingerprint density at radius 1 is 0.897 bits per heavy atom. The molecule has 39 heavy (non-hydrogen) atoms. The third-order valence-corrected chi connectivity index (χ3v) is 6.67. The number of para-hydroxylation sites is 1. The van der Waals surface area contributed by atoms with Crippen molar-refractivity contribution in [3.05, 3.63) is 102 Å². The first-order valence-corrected chi connectivity index (χ1v) is 12.9. The Labute approximate surface area is 228 Å². The molecule has 0 spiro atoms. The number of nitrogens with two attached hydrogens (primary N) is 1. The van der Waals surface area contributed by atoms with Gasteiger partial charge in [0.15, 0.2) is 5.78 Å². The van der Waals surface area contributed by atoms with Gasteiger partial charge in [0.2, 0.25) is 0 Å². The fraction of sp³-hybridized carbons (Fsp3) is 0.290. The highest BCUT2D eigenvalue weighted by atomic mass is 16.4. The van der Waals surface area contributed by atoms with Gasteiger partial charge < -0.3 is 30.7 Å². The first-order chi connectivity index (χ1) is 18.8. The molecule has 3 aromatic carbocycles. The van der Waals surface area contributed by atoms with Crippen LogP contribution in [0.4, 0.5) is 0 Å². The number of aryl methyl sites for hydroxylation is 1. The normalized spacial score (nSPS) is 12.0. The zero-order valence-corrected chi connectivity index (χ0v) is 22.0. The van der Waals surface area contributed by atoms with Gasteiger partial charge in [-0.05, 0) is 48.2 Å². The van der Waals surface area contributed by atoms with Crippen LogP contribution < -0.4 is 5.73 Å². The molecule has 0 aliphatic heterocycles. The van der Waals surface area contributed by atoms with Crippen LogP contribution in [-0.2, 0) is 11.2 Å². The van der Waals surface area contributed by atoms with Gasteiger partial charge in [0.1, 0.15) is 0 Å². The smallest absolute Gasteiger partial charge is 0.303 e. The van der Waals surface area contributed by atoms with Crippen LogP contribution in [0.25, 0.3) is 16.6 Å². The Bertz CT molecular complexity index is 1360. The molecular weight excluding hydrogens is 496 g/mol. The summed E-state index contributed by atoms with van der Waals surface area (Å²) in [5.74, 6) is -0.962. The predicted octanol–water partition coefficient (Wildman–Crippen LogP) is 3.69. The molecule has 6 N–H and O–H groups in total. The molecule has 206 valence electrons. The molecule has 0 fully saturated rings. The molecule has 0 aliphatic rings. The van der Waals surface area contributed by atoms with Crippen LogP contribution in [0.1, 0.15) is 47.2 Å². The average Bonchev–Trinajstić information content (AvgIpc) is 3.36. The molecule has 0 radical (unpaired) electrons. The van der Waals surface area contributed by atoms with E-state index in [0.29, 0.717) is 18.4 Å². The number of ketones is 1. The zero-order chi connectivity index (χ0) is 28.4. The van der Waals surface area contributed by atoms with Crippen molar-refractivity contribution in [1.29, 1.82) is 0 Å². The van der Waals surface area contributed by atoms with Crippen LogP contribution in [0, 0.1) is 0 Å². The topological polar surface area (TPSA) is 146 Å². The number of aliphatic carboxylic acids is 1. The number of hydrogen-bond acceptors (Lipinski definition) is 6. The third-order valence-electron chi connectivity index (χ3n) is 6.67. The monoisotopic (exact) mass is 532 g/mol. The highest BCUT2D eigenvalue weighted by molar-refractivity contribution is 6.11. The van der Waals surface area contributed by atoms with Crippen LogP contribution in [0.5, 0.6) is 0 Å². The van der Waals surface area contributed by atoms with E-state index in [4.69, 9.17) is 26.2 Å². The Kier molecular flexibility index (Phi) is 10.5. The van der Waals surface area contributed by atoms with E-state index < -0.39 is 31.3 Å². The van der Waals surface area contributed by atoms with Gasteiger partial charge in [-0.2, -0.15) is 0 Å². The molecule has 1 atom stereocenters. The summed E-state index contributed by atoms with van der Waals surface area (Å²) in [5, 5.41) is 34.9. The van der Waals surface area contributed by atoms with Gasteiger partial charge in [0.05, 0.1) is 30.9 Å². The maximum absolute atomic E-state index is 13.7. The first-order valence-electron chi connectivity index (χ1n) is 12.9. The average molecular weight is 533 g/mol. The molecule has 4 aromatic rings. The lowest BCUT2D eigenvalue weighted by Crippen LogP contribution is -2.50. The number of Topliss-reactive ketones (excluding diaryl/α,β-unsaturated/α-hetero) is 1. The molecule has 0 saturated heterocycles. The van der Waals surface area contributed by atoms with Gasteiger partial charge in [0.25, 0.3) is 0 Å². The maximum atomic E-state index is 13.7. The Hall–Kier alpha value is -3.82. The molecule has 0 amide bonds. The quantitative estimate of drug-likeness (QED) is 0.185. The minimum atomic E-state index is -1.21. The van der Waals surface area contributed by atoms with Crippen molar-refractivity contribution in [3.63, 3.8) is 0 Å². The molecule has 0 aliphatic carbocycles. The van der Waals surface area contributed by atoms with Crippen LogP contribution in [0.3, 0.4) is 0 Å². The molecule has 1 heterocycles. The van der Waals surface area contributed by atoms with Crippen LogP contribution in [-0.4, -0.2) is 62.1 Å². The van der Waals surface area contributed by atoms with Gasteiger partial charge in [-0.1, -0.05) is 61.5 Å². The van der Waals surface area contributed by atoms with Crippen molar-refractivity contribution < 1.29 is 30.0 Å². The largest absolute Gasteiger partial charge is 0.481 e. The summed E-state index contributed by atoms with van der Waals surface area (Å²) < 4.78 is 2.04. The highest BCUT2D eigenvalue weighted by Crippen LogP contribution is 2.32. The Balaban J connectivity index is 0.000000459. The van der Waals surface area contributed by atoms with E-state index in [-0.39, 0.29) is 18.1 Å². The summed E-state index contributed by atoms with van der Waals surface area (Å²) in [4.78, 5) is 24.7. The van der Waals surface area contributed by atoms with Crippen LogP contribution in [0.15, 0.2) is 85.1 Å². The van der Waals surface area contributed by atoms with Gasteiger partial charge in [-0.15, -0.1) is 0 Å². The minimum Gasteiger partial charge on any atom is -0.481 e. The number of aromatic nitrogens is 1. The Morgan fingerprint density at radius 2 is 1.49 bits per heavy atom. The van der Waals surface area contributed by atoms with E-state index in [1.54, 1.807) is 0 Å². The number of aliphatic hydroxyl groups is 3. The number of carbonyl (C=O) groups excluding carboxylic acids is 1. The van der Waals surface area contributed by atoms with E-state index in [0.717, 1.165) is 27.7 Å². The summed E-state index contributed by atoms with van der Waals surface area (Å²) in [5.41, 5.74) is 8.47. The van der Waals surface area contributed by atoms with E-state index in [9.17, 15) is 9.59 Å². The molecule has 8 heteroatoms. The molecule has 8 nitrogen and oxygen atoms in total. The standard InChI is InChI=1S/C27H25NO3.C4H11NO3/c1-2-22(20-9-5-3-6-10-20)27(31)24-18-28(21-11-7-4-8-12-21)25-15-13-19(17-23(24)25)14-16-26(29)30;5-4(1-6,2-7)3-8/h3-13,15,17-18,22H,2,14,16H2,1H3,(H,29,30);6-8H,1-3,5H2. The number of benzene rings is 3. The Morgan fingerprint density at radius 3 is 2.00 bits per heavy atom. The molecule has 1 unspecified atom stereocenters. The second-order valence-electron chi connectivity index (χ2n) is 9.57. The zero-order valence-electron chi connectivity index (χ0n) is 22.0. The van der Waals surface area contributed by atoms with Crippen LogP contribution in [0.2, 0.25) is 0 Å². The van der Waals surface area contributed by atoms with E-state index in [1.165, 1.54) is 0 Å².